The zero-order chi connectivity index (χ0) is 12.3. The number of halogens is 1. The molecule has 0 radical (unpaired) electrons. The first-order chi connectivity index (χ1) is 8.19. The van der Waals surface area contributed by atoms with Gasteiger partial charge in [0.2, 0.25) is 0 Å². The molecule has 0 aliphatic carbocycles. The number of nitrogens with zero attached hydrogens (tertiary/aromatic N) is 1. The van der Waals surface area contributed by atoms with Crippen LogP contribution in [0.4, 0.5) is 0 Å². The van der Waals surface area contributed by atoms with E-state index in [1.807, 2.05) is 0 Å². The molecule has 0 spiro atoms. The van der Waals surface area contributed by atoms with Crippen LogP contribution >= 0.6 is 15.9 Å². The van der Waals surface area contributed by atoms with Crippen molar-refractivity contribution in [2.75, 3.05) is 20.1 Å². The van der Waals surface area contributed by atoms with Crippen LogP contribution in [0.2, 0.25) is 0 Å². The third kappa shape index (κ3) is 3.54. The van der Waals surface area contributed by atoms with Crippen molar-refractivity contribution < 1.29 is 0 Å². The third-order valence-electron chi connectivity index (χ3n) is 3.56. The maximum absolute atomic E-state index is 3.61. The van der Waals surface area contributed by atoms with E-state index in [1.165, 1.54) is 41.5 Å². The first-order valence-electron chi connectivity index (χ1n) is 6.33. The summed E-state index contributed by atoms with van der Waals surface area (Å²) in [6, 6.07) is 7.35. The second-order valence-electron chi connectivity index (χ2n) is 4.95. The number of hydrogen-bond donors (Lipinski definition) is 1. The number of aryl methyl sites for hydroxylation is 1. The molecule has 1 aromatic rings. The topological polar surface area (TPSA) is 15.3 Å². The van der Waals surface area contributed by atoms with E-state index in [4.69, 9.17) is 0 Å². The first kappa shape index (κ1) is 13.1. The van der Waals surface area contributed by atoms with Gasteiger partial charge in [-0.15, -0.1) is 0 Å². The highest BCUT2D eigenvalue weighted by Crippen LogP contribution is 2.20. The van der Waals surface area contributed by atoms with Crippen LogP contribution in [0.25, 0.3) is 0 Å². The van der Waals surface area contributed by atoms with Crippen molar-refractivity contribution in [2.24, 2.45) is 0 Å². The summed E-state index contributed by atoms with van der Waals surface area (Å²) in [6.45, 7) is 5.59. The molecule has 3 heteroatoms. The highest BCUT2D eigenvalue weighted by Gasteiger charge is 2.18. The van der Waals surface area contributed by atoms with Crippen molar-refractivity contribution in [1.29, 1.82) is 0 Å². The molecule has 2 nitrogen and oxygen atoms in total. The summed E-state index contributed by atoms with van der Waals surface area (Å²) < 4.78 is 1.22. The van der Waals surface area contributed by atoms with Crippen LogP contribution in [0.1, 0.15) is 24.0 Å². The summed E-state index contributed by atoms with van der Waals surface area (Å²) in [6.07, 6.45) is 2.61. The molecular formula is C14H21BrN2. The van der Waals surface area contributed by atoms with Crippen molar-refractivity contribution >= 4 is 15.9 Å². The predicted octanol–water partition coefficient (Wildman–Crippen LogP) is 2.94. The Labute approximate surface area is 113 Å². The van der Waals surface area contributed by atoms with Gasteiger partial charge in [-0.1, -0.05) is 28.1 Å². The second kappa shape index (κ2) is 5.98. The molecule has 0 amide bonds. The summed E-state index contributed by atoms with van der Waals surface area (Å²) in [5.74, 6) is 0. The zero-order valence-electron chi connectivity index (χ0n) is 10.7. The highest BCUT2D eigenvalue weighted by atomic mass is 79.9. The molecule has 1 unspecified atom stereocenters. The van der Waals surface area contributed by atoms with Gasteiger partial charge in [-0.3, -0.25) is 4.90 Å². The molecule has 1 aliphatic heterocycles. The summed E-state index contributed by atoms with van der Waals surface area (Å²) in [7, 11) is 2.07. The number of piperidine rings is 1. The first-order valence-corrected chi connectivity index (χ1v) is 7.13. The lowest BCUT2D eigenvalue weighted by Crippen LogP contribution is -2.43. The Bertz CT molecular complexity index is 378. The van der Waals surface area contributed by atoms with E-state index < -0.39 is 0 Å². The maximum Gasteiger partial charge on any atom is 0.0234 e. The fraction of sp³-hybridized carbons (Fsp3) is 0.571. The Balaban J connectivity index is 1.97. The van der Waals surface area contributed by atoms with Gasteiger partial charge in [0.05, 0.1) is 0 Å². The molecule has 0 bridgehead atoms. The lowest BCUT2D eigenvalue weighted by atomic mass is 10.0. The van der Waals surface area contributed by atoms with E-state index in [9.17, 15) is 0 Å². The van der Waals surface area contributed by atoms with E-state index in [1.54, 1.807) is 0 Å². The van der Waals surface area contributed by atoms with Crippen LogP contribution in [0, 0.1) is 6.92 Å². The van der Waals surface area contributed by atoms with Crippen LogP contribution in [0.3, 0.4) is 0 Å². The van der Waals surface area contributed by atoms with E-state index in [-0.39, 0.29) is 0 Å². The molecule has 1 heterocycles. The fourth-order valence-electron chi connectivity index (χ4n) is 2.43. The Morgan fingerprint density at radius 2 is 2.29 bits per heavy atom. The van der Waals surface area contributed by atoms with Gasteiger partial charge in [-0.25, -0.2) is 0 Å². The van der Waals surface area contributed by atoms with Crippen molar-refractivity contribution in [3.63, 3.8) is 0 Å². The highest BCUT2D eigenvalue weighted by molar-refractivity contribution is 9.10. The van der Waals surface area contributed by atoms with E-state index in [0.717, 1.165) is 6.54 Å². The van der Waals surface area contributed by atoms with Gasteiger partial charge in [0, 0.05) is 23.6 Å². The van der Waals surface area contributed by atoms with Crippen molar-refractivity contribution in [2.45, 2.75) is 32.4 Å². The van der Waals surface area contributed by atoms with Gasteiger partial charge >= 0.3 is 0 Å². The van der Waals surface area contributed by atoms with E-state index in [2.05, 4.69) is 58.3 Å². The Kier molecular flexibility index (Phi) is 4.60. The normalized spacial score (nSPS) is 21.7. The minimum Gasteiger partial charge on any atom is -0.316 e. The lowest BCUT2D eigenvalue weighted by molar-refractivity contribution is 0.188. The van der Waals surface area contributed by atoms with Crippen molar-refractivity contribution in [1.82, 2.24) is 10.2 Å². The monoisotopic (exact) mass is 296 g/mol. The Hall–Kier alpha value is -0.380. The molecule has 1 atom stereocenters. The number of hydrogen-bond acceptors (Lipinski definition) is 2. The van der Waals surface area contributed by atoms with E-state index >= 15 is 0 Å². The average Bonchev–Trinajstić information content (AvgIpc) is 2.34. The Morgan fingerprint density at radius 1 is 1.47 bits per heavy atom. The minimum atomic E-state index is 0.664. The van der Waals surface area contributed by atoms with Gasteiger partial charge in [0.1, 0.15) is 0 Å². The third-order valence-corrected chi connectivity index (χ3v) is 4.41. The molecule has 17 heavy (non-hydrogen) atoms. The smallest absolute Gasteiger partial charge is 0.0234 e. The van der Waals surface area contributed by atoms with Gasteiger partial charge in [0.15, 0.2) is 0 Å². The second-order valence-corrected chi connectivity index (χ2v) is 5.80. The molecular weight excluding hydrogens is 276 g/mol. The summed E-state index contributed by atoms with van der Waals surface area (Å²) in [5.41, 5.74) is 2.71. The minimum absolute atomic E-state index is 0.664. The van der Waals surface area contributed by atoms with Crippen LogP contribution < -0.4 is 5.32 Å². The summed E-state index contributed by atoms with van der Waals surface area (Å²) >= 11 is 3.61. The SMILES string of the molecule is CNC1CCCN(Cc2ccc(C)c(Br)c2)C1. The standard InChI is InChI=1S/C14H21BrN2/c1-11-5-6-12(8-14(11)15)9-17-7-3-4-13(10-17)16-2/h5-6,8,13,16H,3-4,7,9-10H2,1-2H3. The van der Waals surface area contributed by atoms with Gasteiger partial charge in [0.25, 0.3) is 0 Å². The fourth-order valence-corrected chi connectivity index (χ4v) is 2.85. The lowest BCUT2D eigenvalue weighted by Gasteiger charge is -2.32. The number of rotatable bonds is 3. The molecule has 0 saturated carbocycles. The Morgan fingerprint density at radius 3 is 3.00 bits per heavy atom. The molecule has 1 saturated heterocycles. The van der Waals surface area contributed by atoms with E-state index in [0.29, 0.717) is 6.04 Å². The van der Waals surface area contributed by atoms with Crippen molar-refractivity contribution in [3.05, 3.63) is 33.8 Å². The zero-order valence-corrected chi connectivity index (χ0v) is 12.3. The van der Waals surface area contributed by atoms with Crippen LogP contribution in [-0.2, 0) is 6.54 Å². The summed E-state index contributed by atoms with van der Waals surface area (Å²) in [4.78, 5) is 2.54. The molecule has 0 aromatic heterocycles. The van der Waals surface area contributed by atoms with Crippen LogP contribution in [0.5, 0.6) is 0 Å². The number of likely N-dealkylation sites (N-methyl/N-ethyl adjacent to an activating group) is 1. The molecule has 1 aromatic carbocycles. The predicted molar refractivity (Wildman–Crippen MR) is 76.2 cm³/mol. The molecule has 94 valence electrons. The molecule has 1 aliphatic rings. The number of likely N-dealkylation sites (tertiary alicyclic amines) is 1. The molecule has 1 fully saturated rings. The van der Waals surface area contributed by atoms with Crippen molar-refractivity contribution in [3.8, 4) is 0 Å². The number of benzene rings is 1. The quantitative estimate of drug-likeness (QED) is 0.923. The van der Waals surface area contributed by atoms with Gasteiger partial charge < -0.3 is 5.32 Å². The van der Waals surface area contributed by atoms with Gasteiger partial charge in [-0.05, 0) is 50.6 Å². The van der Waals surface area contributed by atoms with Crippen LogP contribution in [-0.4, -0.2) is 31.1 Å². The van der Waals surface area contributed by atoms with Gasteiger partial charge in [-0.2, -0.15) is 0 Å². The largest absolute Gasteiger partial charge is 0.316 e. The molecule has 1 N–H and O–H groups in total. The summed E-state index contributed by atoms with van der Waals surface area (Å²) in [5, 5.41) is 3.39. The molecule has 2 rings (SSSR count). The van der Waals surface area contributed by atoms with Crippen LogP contribution in [0.15, 0.2) is 22.7 Å². The average molecular weight is 297 g/mol. The maximum atomic E-state index is 3.61. The number of nitrogens with one attached hydrogen (secondary N) is 1.